The molecule has 0 aliphatic carbocycles. The molecule has 6 nitrogen and oxygen atoms in total. The number of carbonyl (C=O) groups excluding carboxylic acids is 2. The van der Waals surface area contributed by atoms with Gasteiger partial charge in [0.05, 0.1) is 20.1 Å². The van der Waals surface area contributed by atoms with Gasteiger partial charge in [-0.05, 0) is 50.3 Å². The van der Waals surface area contributed by atoms with Crippen LogP contribution in [-0.2, 0) is 16.0 Å². The van der Waals surface area contributed by atoms with Crippen LogP contribution in [0.15, 0.2) is 18.2 Å². The van der Waals surface area contributed by atoms with Gasteiger partial charge in [-0.1, -0.05) is 19.4 Å². The van der Waals surface area contributed by atoms with Gasteiger partial charge < -0.3 is 19.7 Å². The van der Waals surface area contributed by atoms with Crippen molar-refractivity contribution in [2.75, 3.05) is 27.3 Å². The topological polar surface area (TPSA) is 67.9 Å². The first-order chi connectivity index (χ1) is 13.5. The molecule has 1 aliphatic heterocycles. The first-order valence-electron chi connectivity index (χ1n) is 10.3. The van der Waals surface area contributed by atoms with Crippen LogP contribution in [0.4, 0.5) is 0 Å². The molecule has 2 rings (SSSR count). The van der Waals surface area contributed by atoms with Gasteiger partial charge in [0.15, 0.2) is 11.5 Å². The van der Waals surface area contributed by atoms with Gasteiger partial charge in [-0.3, -0.25) is 9.59 Å². The van der Waals surface area contributed by atoms with Crippen molar-refractivity contribution in [3.63, 3.8) is 0 Å². The van der Waals surface area contributed by atoms with E-state index in [1.807, 2.05) is 23.1 Å². The molecule has 1 fully saturated rings. The third kappa shape index (κ3) is 5.88. The number of benzene rings is 1. The predicted octanol–water partition coefficient (Wildman–Crippen LogP) is 3.18. The fourth-order valence-corrected chi connectivity index (χ4v) is 3.63. The Kier molecular flexibility index (Phi) is 8.61. The molecule has 2 amide bonds. The number of nitrogens with zero attached hydrogens (tertiary/aromatic N) is 1. The lowest BCUT2D eigenvalue weighted by molar-refractivity contribution is -0.138. The minimum Gasteiger partial charge on any atom is -0.493 e. The normalized spacial score (nSPS) is 19.2. The lowest BCUT2D eigenvalue weighted by atomic mass is 9.92. The summed E-state index contributed by atoms with van der Waals surface area (Å²) in [5.41, 5.74) is 1.03. The Hall–Kier alpha value is -2.24. The lowest BCUT2D eigenvalue weighted by Crippen LogP contribution is -2.49. The highest BCUT2D eigenvalue weighted by Crippen LogP contribution is 2.28. The van der Waals surface area contributed by atoms with Crippen LogP contribution in [0, 0.1) is 5.92 Å². The Balaban J connectivity index is 1.92. The number of carbonyl (C=O) groups is 2. The van der Waals surface area contributed by atoms with Crippen molar-refractivity contribution in [3.05, 3.63) is 23.8 Å². The van der Waals surface area contributed by atoms with E-state index in [1.54, 1.807) is 14.2 Å². The molecule has 1 saturated heterocycles. The van der Waals surface area contributed by atoms with Crippen molar-refractivity contribution >= 4 is 11.8 Å². The Morgan fingerprint density at radius 2 is 1.93 bits per heavy atom. The van der Waals surface area contributed by atoms with Gasteiger partial charge in [-0.2, -0.15) is 0 Å². The molecule has 156 valence electrons. The third-order valence-electron chi connectivity index (χ3n) is 5.48. The summed E-state index contributed by atoms with van der Waals surface area (Å²) >= 11 is 0. The molecule has 1 N–H and O–H groups in total. The second-order valence-electron chi connectivity index (χ2n) is 7.50. The van der Waals surface area contributed by atoms with Crippen molar-refractivity contribution in [1.82, 2.24) is 10.2 Å². The molecular weight excluding hydrogens is 356 g/mol. The van der Waals surface area contributed by atoms with Crippen LogP contribution >= 0.6 is 0 Å². The summed E-state index contributed by atoms with van der Waals surface area (Å²) < 4.78 is 10.6. The number of methoxy groups -OCH3 is 2. The third-order valence-corrected chi connectivity index (χ3v) is 5.48. The van der Waals surface area contributed by atoms with Crippen molar-refractivity contribution in [3.8, 4) is 11.5 Å². The van der Waals surface area contributed by atoms with Gasteiger partial charge in [-0.25, -0.2) is 0 Å². The molecule has 0 radical (unpaired) electrons. The Morgan fingerprint density at radius 1 is 1.18 bits per heavy atom. The molecule has 0 saturated carbocycles. The van der Waals surface area contributed by atoms with E-state index < -0.39 is 0 Å². The van der Waals surface area contributed by atoms with Crippen molar-refractivity contribution in [1.29, 1.82) is 0 Å². The van der Waals surface area contributed by atoms with E-state index in [-0.39, 0.29) is 23.8 Å². The van der Waals surface area contributed by atoms with E-state index in [1.165, 1.54) is 0 Å². The average Bonchev–Trinajstić information content (AvgIpc) is 2.72. The summed E-state index contributed by atoms with van der Waals surface area (Å²) in [7, 11) is 3.21. The zero-order valence-electron chi connectivity index (χ0n) is 17.6. The van der Waals surface area contributed by atoms with Gasteiger partial charge >= 0.3 is 0 Å². The molecular formula is C22H34N2O4. The molecule has 0 bridgehead atoms. The maximum absolute atomic E-state index is 12.8. The zero-order chi connectivity index (χ0) is 20.5. The number of likely N-dealkylation sites (tertiary alicyclic amines) is 1. The highest BCUT2D eigenvalue weighted by molar-refractivity contribution is 5.81. The van der Waals surface area contributed by atoms with Crippen molar-refractivity contribution in [2.24, 2.45) is 5.92 Å². The largest absolute Gasteiger partial charge is 0.493 e. The number of piperidine rings is 1. The molecule has 2 atom stereocenters. The molecule has 1 heterocycles. The van der Waals surface area contributed by atoms with E-state index in [4.69, 9.17) is 9.47 Å². The number of hydrogen-bond donors (Lipinski definition) is 1. The predicted molar refractivity (Wildman–Crippen MR) is 110 cm³/mol. The van der Waals surface area contributed by atoms with Crippen LogP contribution in [0.2, 0.25) is 0 Å². The summed E-state index contributed by atoms with van der Waals surface area (Å²) in [5.74, 6) is 1.44. The Bertz CT molecular complexity index is 662. The molecule has 1 aliphatic rings. The maximum atomic E-state index is 12.8. The van der Waals surface area contributed by atoms with Gasteiger partial charge in [0, 0.05) is 25.6 Å². The smallest absolute Gasteiger partial charge is 0.224 e. The van der Waals surface area contributed by atoms with Gasteiger partial charge in [-0.15, -0.1) is 0 Å². The highest BCUT2D eigenvalue weighted by Gasteiger charge is 2.32. The van der Waals surface area contributed by atoms with E-state index in [2.05, 4.69) is 19.2 Å². The second-order valence-corrected chi connectivity index (χ2v) is 7.50. The quantitative estimate of drug-likeness (QED) is 0.658. The SMILES string of the molecule is CCCCNC(=O)C1CCC(C)N(C(=O)CCc2ccc(OC)c(OC)c2)C1. The van der Waals surface area contributed by atoms with Gasteiger partial charge in [0.25, 0.3) is 0 Å². The molecule has 2 unspecified atom stereocenters. The van der Waals surface area contributed by atoms with Crippen molar-refractivity contribution < 1.29 is 19.1 Å². The first-order valence-corrected chi connectivity index (χ1v) is 10.3. The molecule has 1 aromatic carbocycles. The summed E-state index contributed by atoms with van der Waals surface area (Å²) in [6.45, 7) is 5.41. The van der Waals surface area contributed by atoms with Crippen LogP contribution in [0.5, 0.6) is 11.5 Å². The minimum absolute atomic E-state index is 0.0815. The fourth-order valence-electron chi connectivity index (χ4n) is 3.63. The van der Waals surface area contributed by atoms with Crippen LogP contribution in [0.25, 0.3) is 0 Å². The zero-order valence-corrected chi connectivity index (χ0v) is 17.6. The van der Waals surface area contributed by atoms with Gasteiger partial charge in [0.2, 0.25) is 11.8 Å². The number of hydrogen-bond acceptors (Lipinski definition) is 4. The van der Waals surface area contributed by atoms with Crippen LogP contribution in [0.3, 0.4) is 0 Å². The summed E-state index contributed by atoms with van der Waals surface area (Å²) in [4.78, 5) is 27.1. The maximum Gasteiger partial charge on any atom is 0.224 e. The Morgan fingerprint density at radius 3 is 2.61 bits per heavy atom. The van der Waals surface area contributed by atoms with E-state index >= 15 is 0 Å². The number of rotatable bonds is 9. The summed E-state index contributed by atoms with van der Waals surface area (Å²) in [6, 6.07) is 5.91. The molecule has 0 spiro atoms. The minimum atomic E-state index is -0.0990. The number of aryl methyl sites for hydroxylation is 1. The Labute approximate surface area is 168 Å². The number of amides is 2. The molecule has 28 heavy (non-hydrogen) atoms. The number of ether oxygens (including phenoxy) is 2. The van der Waals surface area contributed by atoms with Crippen LogP contribution < -0.4 is 14.8 Å². The second kappa shape index (κ2) is 10.9. The van der Waals surface area contributed by atoms with Gasteiger partial charge in [0.1, 0.15) is 0 Å². The van der Waals surface area contributed by atoms with E-state index in [9.17, 15) is 9.59 Å². The van der Waals surface area contributed by atoms with E-state index in [0.29, 0.717) is 37.4 Å². The van der Waals surface area contributed by atoms with E-state index in [0.717, 1.165) is 31.2 Å². The molecule has 6 heteroatoms. The fraction of sp³-hybridized carbons (Fsp3) is 0.636. The van der Waals surface area contributed by atoms with Crippen molar-refractivity contribution in [2.45, 2.75) is 58.4 Å². The average molecular weight is 391 g/mol. The highest BCUT2D eigenvalue weighted by atomic mass is 16.5. The number of nitrogens with one attached hydrogen (secondary N) is 1. The monoisotopic (exact) mass is 390 g/mol. The summed E-state index contributed by atoms with van der Waals surface area (Å²) in [6.07, 6.45) is 4.82. The number of unbranched alkanes of at least 4 members (excludes halogenated alkanes) is 1. The lowest BCUT2D eigenvalue weighted by Gasteiger charge is -2.37. The molecule has 0 aromatic heterocycles. The van der Waals surface area contributed by atoms with Crippen LogP contribution in [-0.4, -0.2) is 50.1 Å². The standard InChI is InChI=1S/C22H34N2O4/c1-5-6-13-23-22(26)18-10-7-16(2)24(15-18)21(25)12-9-17-8-11-19(27-3)20(14-17)28-4/h8,11,14,16,18H,5-7,9-10,12-13,15H2,1-4H3,(H,23,26). The summed E-state index contributed by atoms with van der Waals surface area (Å²) in [5, 5.41) is 3.01. The molecule has 1 aromatic rings. The first kappa shape index (κ1) is 22.1. The van der Waals surface area contributed by atoms with Crippen LogP contribution in [0.1, 0.15) is 51.5 Å².